The monoisotopic (exact) mass is 504 g/mol. The molecular weight excluding hydrogens is 475 g/mol. The van der Waals surface area contributed by atoms with Crippen molar-refractivity contribution in [3.05, 3.63) is 47.5 Å². The molecule has 3 aromatic rings. The van der Waals surface area contributed by atoms with Gasteiger partial charge in [0.2, 0.25) is 5.91 Å². The molecule has 0 aliphatic heterocycles. The predicted octanol–water partition coefficient (Wildman–Crippen LogP) is 5.89. The minimum Gasteiger partial charge on any atom is -0.493 e. The number of nitrogens with zero attached hydrogens (tertiary/aromatic N) is 2. The first-order chi connectivity index (χ1) is 16.8. The summed E-state index contributed by atoms with van der Waals surface area (Å²) in [5.74, 6) is 0.709. The minimum absolute atomic E-state index is 0.00996. The van der Waals surface area contributed by atoms with Crippen LogP contribution in [0.5, 0.6) is 11.5 Å². The van der Waals surface area contributed by atoms with Gasteiger partial charge in [-0.2, -0.15) is 0 Å². The predicted molar refractivity (Wildman–Crippen MR) is 133 cm³/mol. The van der Waals surface area contributed by atoms with Crippen LogP contribution in [0.15, 0.2) is 36.7 Å². The average Bonchev–Trinajstić information content (AvgIpc) is 2.85. The minimum atomic E-state index is -0.499. The molecule has 188 valence electrons. The second kappa shape index (κ2) is 12.5. The Morgan fingerprint density at radius 1 is 1.14 bits per heavy atom. The molecule has 0 aliphatic carbocycles. The van der Waals surface area contributed by atoms with E-state index < -0.39 is 5.82 Å². The molecule has 3 rings (SSSR count). The summed E-state index contributed by atoms with van der Waals surface area (Å²) < 4.78 is 25.0. The van der Waals surface area contributed by atoms with E-state index in [2.05, 4.69) is 15.3 Å². The number of methoxy groups -OCH3 is 1. The summed E-state index contributed by atoms with van der Waals surface area (Å²) in [6.45, 7) is 4.39. The Morgan fingerprint density at radius 2 is 1.94 bits per heavy atom. The largest absolute Gasteiger partial charge is 0.493 e. The first-order valence-electron chi connectivity index (χ1n) is 11.5. The maximum absolute atomic E-state index is 13.5. The topological polar surface area (TPSA) is 106 Å². The number of ether oxygens (including phenoxy) is 2. The molecule has 1 aromatic heterocycles. The number of rotatable bonds is 12. The lowest BCUT2D eigenvalue weighted by Gasteiger charge is -2.18. The molecule has 0 fully saturated rings. The third-order valence-electron chi connectivity index (χ3n) is 5.77. The van der Waals surface area contributed by atoms with Crippen LogP contribution in [0.2, 0.25) is 5.02 Å². The Bertz CT molecular complexity index is 1160. The highest BCUT2D eigenvalue weighted by atomic mass is 35.5. The Morgan fingerprint density at radius 3 is 2.63 bits per heavy atom. The quantitative estimate of drug-likeness (QED) is 0.160. The van der Waals surface area contributed by atoms with Crippen molar-refractivity contribution in [3.63, 3.8) is 0 Å². The van der Waals surface area contributed by atoms with Gasteiger partial charge in [-0.3, -0.25) is 10.0 Å². The molecule has 2 aromatic carbocycles. The number of hydrogen-bond acceptors (Lipinski definition) is 7. The highest BCUT2D eigenvalue weighted by Crippen LogP contribution is 2.35. The summed E-state index contributed by atoms with van der Waals surface area (Å²) in [5, 5.41) is 12.8. The number of aromatic nitrogens is 2. The van der Waals surface area contributed by atoms with Gasteiger partial charge in [0.1, 0.15) is 18.0 Å². The van der Waals surface area contributed by atoms with Crippen molar-refractivity contribution in [2.24, 2.45) is 11.8 Å². The smallest absolute Gasteiger partial charge is 0.246 e. The molecule has 0 spiro atoms. The SMILES string of the molecule is COc1cc2ncnc(Nc3ccc(F)c(Cl)c3)c2cc1OCCCCCC(C(=O)NO)C(C)C. The Hall–Kier alpha value is -3.17. The Balaban J connectivity index is 1.66. The van der Waals surface area contributed by atoms with Crippen molar-refractivity contribution < 1.29 is 23.9 Å². The first-order valence-corrected chi connectivity index (χ1v) is 11.8. The molecule has 10 heteroatoms. The normalized spacial score (nSPS) is 12.0. The maximum Gasteiger partial charge on any atom is 0.246 e. The average molecular weight is 505 g/mol. The second-order valence-electron chi connectivity index (χ2n) is 8.52. The van der Waals surface area contributed by atoms with Crippen LogP contribution in [0.3, 0.4) is 0 Å². The molecule has 1 atom stereocenters. The van der Waals surface area contributed by atoms with Gasteiger partial charge in [0, 0.05) is 23.1 Å². The Labute approximate surface area is 208 Å². The van der Waals surface area contributed by atoms with Gasteiger partial charge in [0.15, 0.2) is 11.5 Å². The van der Waals surface area contributed by atoms with Gasteiger partial charge in [-0.05, 0) is 43.0 Å². The van der Waals surface area contributed by atoms with Crippen LogP contribution < -0.4 is 20.3 Å². The molecule has 1 heterocycles. The zero-order valence-corrected chi connectivity index (χ0v) is 20.7. The number of halogens is 2. The van der Waals surface area contributed by atoms with E-state index in [9.17, 15) is 9.18 Å². The van der Waals surface area contributed by atoms with E-state index in [1.807, 2.05) is 19.9 Å². The summed E-state index contributed by atoms with van der Waals surface area (Å²) in [7, 11) is 1.56. The summed E-state index contributed by atoms with van der Waals surface area (Å²) in [6.07, 6.45) is 4.63. The molecule has 0 radical (unpaired) electrons. The number of amides is 1. The number of hydrogen-bond donors (Lipinski definition) is 3. The van der Waals surface area contributed by atoms with Crippen molar-refractivity contribution in [2.45, 2.75) is 39.5 Å². The number of nitrogens with one attached hydrogen (secondary N) is 2. The van der Waals surface area contributed by atoms with Crippen molar-refractivity contribution in [1.29, 1.82) is 0 Å². The lowest BCUT2D eigenvalue weighted by atomic mass is 9.90. The van der Waals surface area contributed by atoms with E-state index in [1.165, 1.54) is 18.5 Å². The van der Waals surface area contributed by atoms with E-state index in [0.717, 1.165) is 19.3 Å². The number of unbranched alkanes of at least 4 members (excludes halogenated alkanes) is 2. The molecule has 35 heavy (non-hydrogen) atoms. The van der Waals surface area contributed by atoms with Crippen LogP contribution in [0.4, 0.5) is 15.9 Å². The lowest BCUT2D eigenvalue weighted by Crippen LogP contribution is -2.31. The molecule has 1 unspecified atom stereocenters. The number of benzene rings is 2. The fraction of sp³-hybridized carbons (Fsp3) is 0.400. The van der Waals surface area contributed by atoms with Crippen LogP contribution in [0, 0.1) is 17.7 Å². The standard InChI is InChI=1S/C25H30ClFN4O4/c1-15(2)17(25(32)31-33)7-5-4-6-10-35-23-12-18-21(13-22(23)34-3)28-14-29-24(18)30-16-8-9-20(27)19(26)11-16/h8-9,11-15,17,33H,4-7,10H2,1-3H3,(H,31,32)(H,28,29,30). The highest BCUT2D eigenvalue weighted by Gasteiger charge is 2.21. The van der Waals surface area contributed by atoms with Crippen molar-refractivity contribution in [1.82, 2.24) is 15.4 Å². The molecule has 3 N–H and O–H groups in total. The number of hydroxylamine groups is 1. The van der Waals surface area contributed by atoms with Gasteiger partial charge >= 0.3 is 0 Å². The van der Waals surface area contributed by atoms with Crippen molar-refractivity contribution >= 4 is 39.9 Å². The third-order valence-corrected chi connectivity index (χ3v) is 6.06. The van der Waals surface area contributed by atoms with Crippen LogP contribution in [0.1, 0.15) is 39.5 Å². The van der Waals surface area contributed by atoms with Crippen molar-refractivity contribution in [2.75, 3.05) is 19.0 Å². The van der Waals surface area contributed by atoms with E-state index in [-0.39, 0.29) is 22.8 Å². The molecule has 8 nitrogen and oxygen atoms in total. The molecule has 0 saturated carbocycles. The highest BCUT2D eigenvalue weighted by molar-refractivity contribution is 6.31. The number of anilines is 2. The molecule has 0 saturated heterocycles. The first kappa shape index (κ1) is 26.4. The lowest BCUT2D eigenvalue weighted by molar-refractivity contribution is -0.135. The van der Waals surface area contributed by atoms with Crippen LogP contribution >= 0.6 is 11.6 Å². The van der Waals surface area contributed by atoms with E-state index in [1.54, 1.807) is 24.7 Å². The second-order valence-corrected chi connectivity index (χ2v) is 8.93. The van der Waals surface area contributed by atoms with E-state index in [4.69, 9.17) is 26.3 Å². The fourth-order valence-electron chi connectivity index (χ4n) is 3.82. The molecule has 0 bridgehead atoms. The van der Waals surface area contributed by atoms with Crippen LogP contribution in [-0.4, -0.2) is 34.8 Å². The van der Waals surface area contributed by atoms with Crippen LogP contribution in [0.25, 0.3) is 10.9 Å². The van der Waals surface area contributed by atoms with Gasteiger partial charge in [0.25, 0.3) is 0 Å². The summed E-state index contributed by atoms with van der Waals surface area (Å²) in [5.41, 5.74) is 3.00. The Kier molecular flexibility index (Phi) is 9.45. The molecule has 0 aliphatic rings. The van der Waals surface area contributed by atoms with E-state index >= 15 is 0 Å². The van der Waals surface area contributed by atoms with Gasteiger partial charge in [0.05, 0.1) is 24.3 Å². The summed E-state index contributed by atoms with van der Waals surface area (Å²) >= 11 is 5.90. The zero-order valence-electron chi connectivity index (χ0n) is 20.0. The summed E-state index contributed by atoms with van der Waals surface area (Å²) in [4.78, 5) is 20.4. The fourth-order valence-corrected chi connectivity index (χ4v) is 4.00. The third kappa shape index (κ3) is 6.93. The molecule has 1 amide bonds. The van der Waals surface area contributed by atoms with Gasteiger partial charge in [-0.25, -0.2) is 19.8 Å². The number of carbonyl (C=O) groups excluding carboxylic acids is 1. The van der Waals surface area contributed by atoms with Gasteiger partial charge in [-0.1, -0.05) is 38.3 Å². The number of carbonyl (C=O) groups is 1. The molecular formula is C25H30ClFN4O4. The van der Waals surface area contributed by atoms with Crippen LogP contribution in [-0.2, 0) is 4.79 Å². The zero-order chi connectivity index (χ0) is 25.4. The number of fused-ring (bicyclic) bond motifs is 1. The van der Waals surface area contributed by atoms with Gasteiger partial charge < -0.3 is 14.8 Å². The maximum atomic E-state index is 13.5. The van der Waals surface area contributed by atoms with Gasteiger partial charge in [-0.15, -0.1) is 0 Å². The van der Waals surface area contributed by atoms with E-state index in [0.29, 0.717) is 46.9 Å². The summed E-state index contributed by atoms with van der Waals surface area (Å²) in [6, 6.07) is 7.92. The van der Waals surface area contributed by atoms with Crippen molar-refractivity contribution in [3.8, 4) is 11.5 Å².